The summed E-state index contributed by atoms with van der Waals surface area (Å²) >= 11 is 5.98. The average molecular weight is 293 g/mol. The third-order valence-electron chi connectivity index (χ3n) is 3.27. The van der Waals surface area contributed by atoms with Crippen molar-refractivity contribution in [1.82, 2.24) is 9.55 Å². The van der Waals surface area contributed by atoms with Crippen molar-refractivity contribution < 1.29 is 4.74 Å². The lowest BCUT2D eigenvalue weighted by molar-refractivity contribution is 0.304. The number of nitrogens with zero attached hydrogens (tertiary/aromatic N) is 2. The number of benzene rings is 1. The SMILES string of the molecule is Cc1cc(OCCCCCCn2ccnc2)ccc1Cl. The number of hydrogen-bond acceptors (Lipinski definition) is 2. The van der Waals surface area contributed by atoms with Crippen LogP contribution in [0.2, 0.25) is 5.02 Å². The molecule has 1 aromatic carbocycles. The van der Waals surface area contributed by atoms with E-state index in [1.54, 1.807) is 0 Å². The Bertz CT molecular complexity index is 511. The van der Waals surface area contributed by atoms with Crippen LogP contribution in [0, 0.1) is 6.92 Å². The largest absolute Gasteiger partial charge is 0.494 e. The molecule has 1 aromatic heterocycles. The summed E-state index contributed by atoms with van der Waals surface area (Å²) in [5, 5.41) is 0.789. The number of aromatic nitrogens is 2. The molecule has 20 heavy (non-hydrogen) atoms. The summed E-state index contributed by atoms with van der Waals surface area (Å²) in [4.78, 5) is 4.03. The third kappa shape index (κ3) is 4.89. The molecule has 0 atom stereocenters. The van der Waals surface area contributed by atoms with Crippen LogP contribution in [-0.2, 0) is 6.54 Å². The van der Waals surface area contributed by atoms with Crippen molar-refractivity contribution in [2.45, 2.75) is 39.2 Å². The van der Waals surface area contributed by atoms with Crippen LogP contribution in [0.25, 0.3) is 0 Å². The molecule has 0 aliphatic rings. The van der Waals surface area contributed by atoms with E-state index >= 15 is 0 Å². The maximum Gasteiger partial charge on any atom is 0.119 e. The van der Waals surface area contributed by atoms with Gasteiger partial charge in [-0.05, 0) is 43.5 Å². The Labute approximate surface area is 125 Å². The fourth-order valence-electron chi connectivity index (χ4n) is 2.07. The zero-order chi connectivity index (χ0) is 14.2. The standard InChI is InChI=1S/C16H21ClN2O/c1-14-12-15(6-7-16(14)17)20-11-5-3-2-4-9-19-10-8-18-13-19/h6-8,10,12-13H,2-5,9,11H2,1H3. The Morgan fingerprint density at radius 3 is 2.80 bits per heavy atom. The van der Waals surface area contributed by atoms with E-state index in [1.165, 1.54) is 19.3 Å². The van der Waals surface area contributed by atoms with Gasteiger partial charge in [0.15, 0.2) is 0 Å². The summed E-state index contributed by atoms with van der Waals surface area (Å²) < 4.78 is 7.84. The normalized spacial score (nSPS) is 10.7. The van der Waals surface area contributed by atoms with Gasteiger partial charge in [-0.15, -0.1) is 0 Å². The molecule has 0 aliphatic heterocycles. The number of hydrogen-bond donors (Lipinski definition) is 0. The molecule has 2 rings (SSSR count). The fourth-order valence-corrected chi connectivity index (χ4v) is 2.18. The average Bonchev–Trinajstić information content (AvgIpc) is 2.95. The molecule has 108 valence electrons. The highest BCUT2D eigenvalue weighted by Crippen LogP contribution is 2.21. The van der Waals surface area contributed by atoms with Gasteiger partial charge in [0.25, 0.3) is 0 Å². The zero-order valence-corrected chi connectivity index (χ0v) is 12.6. The molecule has 2 aromatic rings. The van der Waals surface area contributed by atoms with Crippen molar-refractivity contribution in [3.8, 4) is 5.75 Å². The summed E-state index contributed by atoms with van der Waals surface area (Å²) in [5.41, 5.74) is 1.06. The van der Waals surface area contributed by atoms with Gasteiger partial charge in [-0.1, -0.05) is 24.4 Å². The van der Waals surface area contributed by atoms with Gasteiger partial charge >= 0.3 is 0 Å². The molecule has 0 amide bonds. The smallest absolute Gasteiger partial charge is 0.119 e. The molecule has 4 heteroatoms. The summed E-state index contributed by atoms with van der Waals surface area (Å²) in [5.74, 6) is 0.908. The van der Waals surface area contributed by atoms with Crippen LogP contribution < -0.4 is 4.74 Å². The minimum Gasteiger partial charge on any atom is -0.494 e. The molecule has 0 unspecified atom stereocenters. The minimum absolute atomic E-state index is 0.770. The van der Waals surface area contributed by atoms with Gasteiger partial charge in [-0.2, -0.15) is 0 Å². The van der Waals surface area contributed by atoms with Crippen molar-refractivity contribution in [2.75, 3.05) is 6.61 Å². The van der Waals surface area contributed by atoms with Gasteiger partial charge in [-0.25, -0.2) is 4.98 Å². The summed E-state index contributed by atoms with van der Waals surface area (Å²) in [7, 11) is 0. The highest BCUT2D eigenvalue weighted by Gasteiger charge is 1.98. The topological polar surface area (TPSA) is 27.1 Å². The second-order valence-electron chi connectivity index (χ2n) is 4.97. The van der Waals surface area contributed by atoms with Crippen LogP contribution in [0.4, 0.5) is 0 Å². The van der Waals surface area contributed by atoms with E-state index in [9.17, 15) is 0 Å². The number of unbranched alkanes of at least 4 members (excludes halogenated alkanes) is 3. The zero-order valence-electron chi connectivity index (χ0n) is 11.9. The first kappa shape index (κ1) is 14.9. The lowest BCUT2D eigenvalue weighted by Gasteiger charge is -2.07. The summed E-state index contributed by atoms with van der Waals surface area (Å²) in [6, 6.07) is 5.80. The van der Waals surface area contributed by atoms with Crippen molar-refractivity contribution in [2.24, 2.45) is 0 Å². The van der Waals surface area contributed by atoms with Gasteiger partial charge in [-0.3, -0.25) is 0 Å². The van der Waals surface area contributed by atoms with Crippen molar-refractivity contribution in [3.63, 3.8) is 0 Å². The Morgan fingerprint density at radius 2 is 2.05 bits per heavy atom. The highest BCUT2D eigenvalue weighted by atomic mass is 35.5. The van der Waals surface area contributed by atoms with Gasteiger partial charge in [0.1, 0.15) is 5.75 Å². The molecule has 0 bridgehead atoms. The van der Waals surface area contributed by atoms with E-state index in [0.29, 0.717) is 0 Å². The Morgan fingerprint density at radius 1 is 1.20 bits per heavy atom. The lowest BCUT2D eigenvalue weighted by Crippen LogP contribution is -1.99. The van der Waals surface area contributed by atoms with Gasteiger partial charge in [0.2, 0.25) is 0 Å². The van der Waals surface area contributed by atoms with E-state index in [-0.39, 0.29) is 0 Å². The molecule has 0 saturated carbocycles. The van der Waals surface area contributed by atoms with Crippen LogP contribution in [0.1, 0.15) is 31.2 Å². The van der Waals surface area contributed by atoms with E-state index in [1.807, 2.05) is 43.8 Å². The molecule has 1 heterocycles. The number of imidazole rings is 1. The molecular formula is C16H21ClN2O. The van der Waals surface area contributed by atoms with Crippen LogP contribution in [0.3, 0.4) is 0 Å². The van der Waals surface area contributed by atoms with E-state index in [2.05, 4.69) is 9.55 Å². The maximum atomic E-state index is 5.98. The van der Waals surface area contributed by atoms with E-state index < -0.39 is 0 Å². The van der Waals surface area contributed by atoms with Crippen molar-refractivity contribution in [1.29, 1.82) is 0 Å². The number of halogens is 1. The van der Waals surface area contributed by atoms with Gasteiger partial charge in [0, 0.05) is 24.0 Å². The van der Waals surface area contributed by atoms with Crippen LogP contribution >= 0.6 is 11.6 Å². The highest BCUT2D eigenvalue weighted by molar-refractivity contribution is 6.31. The quantitative estimate of drug-likeness (QED) is 0.671. The Kier molecular flexibility index (Phi) is 5.93. The predicted octanol–water partition coefficient (Wildman–Crippen LogP) is 4.48. The number of aryl methyl sites for hydroxylation is 2. The Hall–Kier alpha value is -1.48. The van der Waals surface area contributed by atoms with Crippen LogP contribution in [0.15, 0.2) is 36.9 Å². The first-order valence-corrected chi connectivity index (χ1v) is 7.48. The predicted molar refractivity (Wildman–Crippen MR) is 82.4 cm³/mol. The van der Waals surface area contributed by atoms with Gasteiger partial charge < -0.3 is 9.30 Å². The lowest BCUT2D eigenvalue weighted by atomic mass is 10.2. The molecule has 0 fully saturated rings. The molecular weight excluding hydrogens is 272 g/mol. The first-order valence-electron chi connectivity index (χ1n) is 7.10. The second-order valence-corrected chi connectivity index (χ2v) is 5.38. The third-order valence-corrected chi connectivity index (χ3v) is 3.69. The van der Waals surface area contributed by atoms with Crippen LogP contribution in [0.5, 0.6) is 5.75 Å². The van der Waals surface area contributed by atoms with Crippen LogP contribution in [-0.4, -0.2) is 16.2 Å². The summed E-state index contributed by atoms with van der Waals surface area (Å²) in [6.45, 7) is 3.81. The van der Waals surface area contributed by atoms with E-state index in [0.717, 1.165) is 35.9 Å². The number of ether oxygens (including phenoxy) is 1. The maximum absolute atomic E-state index is 5.98. The number of rotatable bonds is 8. The minimum atomic E-state index is 0.770. The Balaban J connectivity index is 1.54. The molecule has 3 nitrogen and oxygen atoms in total. The second kappa shape index (κ2) is 7.95. The van der Waals surface area contributed by atoms with E-state index in [4.69, 9.17) is 16.3 Å². The first-order chi connectivity index (χ1) is 9.75. The molecule has 0 spiro atoms. The van der Waals surface area contributed by atoms with Crippen molar-refractivity contribution >= 4 is 11.6 Å². The monoisotopic (exact) mass is 292 g/mol. The summed E-state index contributed by atoms with van der Waals surface area (Å²) in [6.07, 6.45) is 10.4. The molecule has 0 saturated heterocycles. The fraction of sp³-hybridized carbons (Fsp3) is 0.438. The molecule has 0 aliphatic carbocycles. The molecule has 0 N–H and O–H groups in total. The van der Waals surface area contributed by atoms with Gasteiger partial charge in [0.05, 0.1) is 12.9 Å². The molecule has 0 radical (unpaired) electrons. The van der Waals surface area contributed by atoms with Crippen molar-refractivity contribution in [3.05, 3.63) is 47.5 Å².